The van der Waals surface area contributed by atoms with Crippen LogP contribution in [0.3, 0.4) is 0 Å². The molecule has 0 bridgehead atoms. The SMILES string of the molecule is CCCCCCC[C@@H](O)c1cccc(CN2CCC(COc3ccc(C(=O)c4ccc(Cl)cc4)c(Cl)c3)CC2)c1. The lowest BCUT2D eigenvalue weighted by molar-refractivity contribution is 0.103. The van der Waals surface area contributed by atoms with Crippen LogP contribution in [0.1, 0.15) is 91.4 Å². The van der Waals surface area contributed by atoms with E-state index in [1.807, 2.05) is 6.07 Å². The quantitative estimate of drug-likeness (QED) is 0.152. The molecule has 1 aliphatic rings. The number of hydrogen-bond donors (Lipinski definition) is 1. The second kappa shape index (κ2) is 15.6. The molecule has 0 unspecified atom stereocenters. The van der Waals surface area contributed by atoms with Crippen LogP contribution in [0.15, 0.2) is 66.7 Å². The summed E-state index contributed by atoms with van der Waals surface area (Å²) in [5, 5.41) is 11.6. The molecule has 1 fully saturated rings. The van der Waals surface area contributed by atoms with Crippen molar-refractivity contribution in [2.24, 2.45) is 5.92 Å². The molecule has 0 saturated carbocycles. The van der Waals surface area contributed by atoms with Gasteiger partial charge in [-0.05, 0) is 91.9 Å². The number of hydrogen-bond acceptors (Lipinski definition) is 4. The van der Waals surface area contributed by atoms with E-state index >= 15 is 0 Å². The Hall–Kier alpha value is -2.37. The van der Waals surface area contributed by atoms with Crippen molar-refractivity contribution < 1.29 is 14.6 Å². The maximum atomic E-state index is 12.8. The maximum Gasteiger partial charge on any atom is 0.194 e. The van der Waals surface area contributed by atoms with Crippen molar-refractivity contribution in [3.8, 4) is 5.75 Å². The van der Waals surface area contributed by atoms with Crippen LogP contribution in [0.4, 0.5) is 0 Å². The number of aliphatic hydroxyl groups excluding tert-OH is 1. The van der Waals surface area contributed by atoms with E-state index in [-0.39, 0.29) is 11.9 Å². The van der Waals surface area contributed by atoms with Crippen LogP contribution < -0.4 is 4.74 Å². The Morgan fingerprint density at radius 2 is 1.73 bits per heavy atom. The van der Waals surface area contributed by atoms with Gasteiger partial charge in [-0.25, -0.2) is 0 Å². The molecule has 4 nitrogen and oxygen atoms in total. The van der Waals surface area contributed by atoms with E-state index in [9.17, 15) is 9.90 Å². The van der Waals surface area contributed by atoms with Gasteiger partial charge in [-0.2, -0.15) is 0 Å². The highest BCUT2D eigenvalue weighted by molar-refractivity contribution is 6.35. The van der Waals surface area contributed by atoms with Gasteiger partial charge in [0, 0.05) is 22.7 Å². The van der Waals surface area contributed by atoms with Crippen LogP contribution >= 0.6 is 23.2 Å². The summed E-state index contributed by atoms with van der Waals surface area (Å²) >= 11 is 12.4. The molecule has 0 amide bonds. The van der Waals surface area contributed by atoms with Gasteiger partial charge in [-0.3, -0.25) is 9.69 Å². The predicted octanol–water partition coefficient (Wildman–Crippen LogP) is 8.91. The minimum atomic E-state index is -0.373. The summed E-state index contributed by atoms with van der Waals surface area (Å²) in [7, 11) is 0. The molecule has 0 aromatic heterocycles. The number of carbonyl (C=O) groups excluding carboxylic acids is 1. The van der Waals surface area contributed by atoms with E-state index in [1.54, 1.807) is 36.4 Å². The molecule has 0 aliphatic carbocycles. The second-order valence-corrected chi connectivity index (χ2v) is 11.8. The van der Waals surface area contributed by atoms with Crippen molar-refractivity contribution in [1.82, 2.24) is 4.90 Å². The van der Waals surface area contributed by atoms with Gasteiger partial charge >= 0.3 is 0 Å². The topological polar surface area (TPSA) is 49.8 Å². The van der Waals surface area contributed by atoms with Crippen LogP contribution in [0.2, 0.25) is 10.0 Å². The minimum Gasteiger partial charge on any atom is -0.493 e. The maximum absolute atomic E-state index is 12.8. The summed E-state index contributed by atoms with van der Waals surface area (Å²) in [6, 6.07) is 20.5. The van der Waals surface area contributed by atoms with Crippen LogP contribution in [0, 0.1) is 5.92 Å². The molecule has 3 aromatic rings. The van der Waals surface area contributed by atoms with Crippen LogP contribution in [0.25, 0.3) is 0 Å². The van der Waals surface area contributed by atoms with E-state index in [1.165, 1.54) is 31.2 Å². The van der Waals surface area contributed by atoms with E-state index in [0.717, 1.165) is 50.9 Å². The number of unbranched alkanes of at least 4 members (excludes halogenated alkanes) is 4. The smallest absolute Gasteiger partial charge is 0.194 e. The summed E-state index contributed by atoms with van der Waals surface area (Å²) in [6.07, 6.45) is 8.67. The van der Waals surface area contributed by atoms with Crippen molar-refractivity contribution in [3.05, 3.63) is 99.0 Å². The van der Waals surface area contributed by atoms with Gasteiger partial charge in [0.15, 0.2) is 5.78 Å². The molecule has 3 aromatic carbocycles. The lowest BCUT2D eigenvalue weighted by Gasteiger charge is -2.32. The number of carbonyl (C=O) groups is 1. The Balaban J connectivity index is 1.20. The Morgan fingerprint density at radius 3 is 2.45 bits per heavy atom. The number of likely N-dealkylation sites (tertiary alicyclic amines) is 1. The molecule has 1 heterocycles. The summed E-state index contributed by atoms with van der Waals surface area (Å²) in [5.74, 6) is 1.02. The number of rotatable bonds is 14. The largest absolute Gasteiger partial charge is 0.493 e. The molecular weight excluding hydrogens is 541 g/mol. The Kier molecular flexibility index (Phi) is 11.9. The summed E-state index contributed by atoms with van der Waals surface area (Å²) in [6.45, 7) is 5.81. The third kappa shape index (κ3) is 9.07. The number of halogens is 2. The molecule has 0 spiro atoms. The van der Waals surface area contributed by atoms with Crippen LogP contribution in [0.5, 0.6) is 5.75 Å². The summed E-state index contributed by atoms with van der Waals surface area (Å²) in [4.78, 5) is 15.3. The first kappa shape index (κ1) is 30.6. The van der Waals surface area contributed by atoms with Gasteiger partial charge in [-0.1, -0.05) is 86.5 Å². The van der Waals surface area contributed by atoms with Gasteiger partial charge in [0.1, 0.15) is 5.75 Å². The lowest BCUT2D eigenvalue weighted by atomic mass is 9.96. The first-order chi connectivity index (χ1) is 19.4. The first-order valence-electron chi connectivity index (χ1n) is 14.6. The minimum absolute atomic E-state index is 0.136. The fraction of sp³-hybridized carbons (Fsp3) is 0.441. The Morgan fingerprint density at radius 1 is 0.975 bits per heavy atom. The number of ether oxygens (including phenoxy) is 1. The first-order valence-corrected chi connectivity index (χ1v) is 15.4. The number of nitrogens with zero attached hydrogens (tertiary/aromatic N) is 1. The third-order valence-electron chi connectivity index (χ3n) is 7.81. The second-order valence-electron chi connectivity index (χ2n) is 11.0. The predicted molar refractivity (Wildman–Crippen MR) is 165 cm³/mol. The Bertz CT molecular complexity index is 1220. The van der Waals surface area contributed by atoms with E-state index in [2.05, 4.69) is 36.1 Å². The van der Waals surface area contributed by atoms with Crippen molar-refractivity contribution in [3.63, 3.8) is 0 Å². The molecule has 1 atom stereocenters. The highest BCUT2D eigenvalue weighted by Gasteiger charge is 2.21. The zero-order valence-electron chi connectivity index (χ0n) is 23.5. The molecule has 1 saturated heterocycles. The van der Waals surface area contributed by atoms with Crippen molar-refractivity contribution in [2.75, 3.05) is 19.7 Å². The molecular formula is C34H41Cl2NO3. The molecule has 6 heteroatoms. The highest BCUT2D eigenvalue weighted by Crippen LogP contribution is 2.28. The number of ketones is 1. The van der Waals surface area contributed by atoms with Crippen molar-refractivity contribution in [2.45, 2.75) is 70.9 Å². The van der Waals surface area contributed by atoms with E-state index in [4.69, 9.17) is 27.9 Å². The van der Waals surface area contributed by atoms with Gasteiger partial charge in [0.05, 0.1) is 17.7 Å². The van der Waals surface area contributed by atoms with Gasteiger partial charge in [0.25, 0.3) is 0 Å². The zero-order valence-corrected chi connectivity index (χ0v) is 25.0. The highest BCUT2D eigenvalue weighted by atomic mass is 35.5. The fourth-order valence-electron chi connectivity index (χ4n) is 5.32. The van der Waals surface area contributed by atoms with Crippen molar-refractivity contribution in [1.29, 1.82) is 0 Å². The average molecular weight is 583 g/mol. The third-order valence-corrected chi connectivity index (χ3v) is 8.37. The molecule has 0 radical (unpaired) electrons. The van der Waals surface area contributed by atoms with E-state index < -0.39 is 0 Å². The zero-order chi connectivity index (χ0) is 28.3. The molecule has 1 N–H and O–H groups in total. The number of benzene rings is 3. The Labute approximate surface area is 249 Å². The van der Waals surface area contributed by atoms with E-state index in [0.29, 0.717) is 39.4 Å². The summed E-state index contributed by atoms with van der Waals surface area (Å²) in [5.41, 5.74) is 3.30. The normalized spacial score (nSPS) is 15.2. The van der Waals surface area contributed by atoms with Gasteiger partial charge in [0.2, 0.25) is 0 Å². The van der Waals surface area contributed by atoms with Gasteiger partial charge in [-0.15, -0.1) is 0 Å². The van der Waals surface area contributed by atoms with Crippen molar-refractivity contribution >= 4 is 29.0 Å². The molecule has 4 rings (SSSR count). The molecule has 1 aliphatic heterocycles. The monoisotopic (exact) mass is 581 g/mol. The summed E-state index contributed by atoms with van der Waals surface area (Å²) < 4.78 is 6.07. The number of piperidine rings is 1. The van der Waals surface area contributed by atoms with Gasteiger partial charge < -0.3 is 9.84 Å². The fourth-order valence-corrected chi connectivity index (χ4v) is 5.70. The van der Waals surface area contributed by atoms with Crippen LogP contribution in [-0.2, 0) is 6.54 Å². The lowest BCUT2D eigenvalue weighted by Crippen LogP contribution is -2.35. The number of aliphatic hydroxyl groups is 1. The molecule has 214 valence electrons. The average Bonchev–Trinajstić information content (AvgIpc) is 2.97. The standard InChI is InChI=1S/C34H41Cl2NO3/c1-2-3-4-5-6-10-33(38)28-9-7-8-26(21-28)23-37-19-17-25(18-20-37)24-40-30-15-16-31(32(36)22-30)34(39)27-11-13-29(35)14-12-27/h7-9,11-16,21-22,25,33,38H,2-6,10,17-20,23-24H2,1H3/t33-/m1/s1. The molecule has 40 heavy (non-hydrogen) atoms. The van der Waals surface area contributed by atoms with Crippen LogP contribution in [-0.4, -0.2) is 35.5 Å².